The SMILES string of the molecule is COCCNCC(=O)N1CCN(Cc2c(C)nn(C)c2C)CC1.Cl.Cl.Cl. The third-order valence-electron chi connectivity index (χ3n) is 4.52. The highest BCUT2D eigenvalue weighted by atomic mass is 35.5. The van der Waals surface area contributed by atoms with E-state index >= 15 is 0 Å². The van der Waals surface area contributed by atoms with Crippen LogP contribution in [-0.4, -0.2) is 78.5 Å². The molecule has 26 heavy (non-hydrogen) atoms. The topological polar surface area (TPSA) is 62.6 Å². The van der Waals surface area contributed by atoms with Gasteiger partial charge in [0.15, 0.2) is 0 Å². The zero-order chi connectivity index (χ0) is 16.8. The Kier molecular flexibility index (Phi) is 14.4. The van der Waals surface area contributed by atoms with Crippen LogP contribution in [-0.2, 0) is 23.1 Å². The molecule has 1 aliphatic rings. The molecule has 0 aliphatic carbocycles. The number of aromatic nitrogens is 2. The van der Waals surface area contributed by atoms with Gasteiger partial charge in [-0.25, -0.2) is 0 Å². The van der Waals surface area contributed by atoms with E-state index in [1.54, 1.807) is 7.11 Å². The summed E-state index contributed by atoms with van der Waals surface area (Å²) in [5, 5.41) is 7.59. The molecule has 1 aromatic heterocycles. The van der Waals surface area contributed by atoms with Gasteiger partial charge in [0, 0.05) is 64.7 Å². The van der Waals surface area contributed by atoms with Crippen LogP contribution in [0.2, 0.25) is 0 Å². The second-order valence-corrected chi connectivity index (χ2v) is 6.10. The lowest BCUT2D eigenvalue weighted by Crippen LogP contribution is -2.50. The Morgan fingerprint density at radius 1 is 1.15 bits per heavy atom. The summed E-state index contributed by atoms with van der Waals surface area (Å²) in [7, 11) is 3.65. The monoisotopic (exact) mass is 431 g/mol. The first kappa shape index (κ1) is 27.6. The van der Waals surface area contributed by atoms with E-state index in [0.717, 1.165) is 38.4 Å². The molecule has 1 aromatic rings. The van der Waals surface area contributed by atoms with Crippen LogP contribution in [0.3, 0.4) is 0 Å². The fourth-order valence-corrected chi connectivity index (χ4v) is 2.91. The maximum atomic E-state index is 12.1. The average Bonchev–Trinajstić information content (AvgIpc) is 2.78. The standard InChI is InChI=1S/C16H29N5O2.3ClH/c1-13-15(14(2)19(3)18-13)12-20-6-8-21(9-7-20)16(22)11-17-5-10-23-4;;;/h17H,5-12H2,1-4H3;3*1H. The van der Waals surface area contributed by atoms with Crippen molar-refractivity contribution in [3.63, 3.8) is 0 Å². The number of rotatable bonds is 7. The number of hydrogen-bond donors (Lipinski definition) is 1. The Hall–Kier alpha value is -0.570. The molecular formula is C16H32Cl3N5O2. The molecule has 7 nitrogen and oxygen atoms in total. The number of hydrogen-bond acceptors (Lipinski definition) is 5. The van der Waals surface area contributed by atoms with Crippen molar-refractivity contribution < 1.29 is 9.53 Å². The lowest BCUT2D eigenvalue weighted by Gasteiger charge is -2.34. The minimum Gasteiger partial charge on any atom is -0.383 e. The maximum Gasteiger partial charge on any atom is 0.236 e. The smallest absolute Gasteiger partial charge is 0.236 e. The molecular weight excluding hydrogens is 401 g/mol. The van der Waals surface area contributed by atoms with Gasteiger partial charge in [-0.05, 0) is 13.8 Å². The van der Waals surface area contributed by atoms with Crippen LogP contribution in [0, 0.1) is 13.8 Å². The van der Waals surface area contributed by atoms with Crippen molar-refractivity contribution >= 4 is 43.1 Å². The van der Waals surface area contributed by atoms with Crippen LogP contribution < -0.4 is 5.32 Å². The first-order chi connectivity index (χ1) is 11.0. The number of aryl methyl sites for hydroxylation is 2. The molecule has 2 rings (SSSR count). The van der Waals surface area contributed by atoms with E-state index in [-0.39, 0.29) is 43.1 Å². The summed E-state index contributed by atoms with van der Waals surface area (Å²) in [6.07, 6.45) is 0. The van der Waals surface area contributed by atoms with E-state index < -0.39 is 0 Å². The van der Waals surface area contributed by atoms with Crippen molar-refractivity contribution in [1.29, 1.82) is 0 Å². The molecule has 1 saturated heterocycles. The Bertz CT molecular complexity index is 534. The predicted molar refractivity (Wildman–Crippen MR) is 111 cm³/mol. The molecule has 0 unspecified atom stereocenters. The number of amides is 1. The number of halogens is 3. The fraction of sp³-hybridized carbons (Fsp3) is 0.750. The van der Waals surface area contributed by atoms with Crippen molar-refractivity contribution in [2.75, 3.05) is 53.0 Å². The Morgan fingerprint density at radius 3 is 2.27 bits per heavy atom. The van der Waals surface area contributed by atoms with E-state index in [0.29, 0.717) is 19.7 Å². The number of piperazine rings is 1. The molecule has 1 N–H and O–H groups in total. The molecule has 1 fully saturated rings. The fourth-order valence-electron chi connectivity index (χ4n) is 2.91. The quantitative estimate of drug-likeness (QED) is 0.656. The van der Waals surface area contributed by atoms with Crippen LogP contribution in [0.15, 0.2) is 0 Å². The normalized spacial score (nSPS) is 14.2. The van der Waals surface area contributed by atoms with Crippen molar-refractivity contribution in [2.24, 2.45) is 7.05 Å². The minimum atomic E-state index is 0. The van der Waals surface area contributed by atoms with Gasteiger partial charge in [-0.2, -0.15) is 5.10 Å². The number of carbonyl (C=O) groups excluding carboxylic acids is 1. The molecule has 0 aromatic carbocycles. The van der Waals surface area contributed by atoms with Crippen molar-refractivity contribution in [3.8, 4) is 0 Å². The summed E-state index contributed by atoms with van der Waals surface area (Å²) in [6, 6.07) is 0. The van der Waals surface area contributed by atoms with Gasteiger partial charge < -0.3 is 15.0 Å². The largest absolute Gasteiger partial charge is 0.383 e. The highest BCUT2D eigenvalue weighted by molar-refractivity contribution is 5.86. The maximum absolute atomic E-state index is 12.1. The number of nitrogens with one attached hydrogen (secondary N) is 1. The van der Waals surface area contributed by atoms with Gasteiger partial charge >= 0.3 is 0 Å². The zero-order valence-corrected chi connectivity index (χ0v) is 18.4. The highest BCUT2D eigenvalue weighted by Gasteiger charge is 2.22. The summed E-state index contributed by atoms with van der Waals surface area (Å²) in [5.74, 6) is 0.175. The molecule has 2 heterocycles. The van der Waals surface area contributed by atoms with Crippen LogP contribution in [0.4, 0.5) is 0 Å². The van der Waals surface area contributed by atoms with Gasteiger partial charge in [0.05, 0.1) is 18.8 Å². The molecule has 154 valence electrons. The summed E-state index contributed by atoms with van der Waals surface area (Å²) >= 11 is 0. The van der Waals surface area contributed by atoms with Crippen LogP contribution in [0.1, 0.15) is 17.0 Å². The van der Waals surface area contributed by atoms with Gasteiger partial charge in [-0.1, -0.05) is 0 Å². The summed E-state index contributed by atoms with van der Waals surface area (Å²) < 4.78 is 6.90. The van der Waals surface area contributed by atoms with Crippen molar-refractivity contribution in [3.05, 3.63) is 17.0 Å². The van der Waals surface area contributed by atoms with E-state index in [2.05, 4.69) is 29.2 Å². The van der Waals surface area contributed by atoms with Gasteiger partial charge in [-0.15, -0.1) is 37.2 Å². The van der Waals surface area contributed by atoms with E-state index in [9.17, 15) is 4.79 Å². The molecule has 0 radical (unpaired) electrons. The Labute approximate surface area is 175 Å². The van der Waals surface area contributed by atoms with Gasteiger partial charge in [-0.3, -0.25) is 14.4 Å². The second kappa shape index (κ2) is 13.6. The Balaban J connectivity index is 0. The summed E-state index contributed by atoms with van der Waals surface area (Å²) in [6.45, 7) is 10.2. The molecule has 0 spiro atoms. The summed E-state index contributed by atoms with van der Waals surface area (Å²) in [4.78, 5) is 16.5. The number of nitrogens with zero attached hydrogens (tertiary/aromatic N) is 4. The van der Waals surface area contributed by atoms with Crippen molar-refractivity contribution in [2.45, 2.75) is 20.4 Å². The van der Waals surface area contributed by atoms with E-state index in [1.807, 2.05) is 16.6 Å². The van der Waals surface area contributed by atoms with E-state index in [1.165, 1.54) is 11.3 Å². The first-order valence-corrected chi connectivity index (χ1v) is 8.21. The predicted octanol–water partition coefficient (Wildman–Crippen LogP) is 1.18. The third-order valence-corrected chi connectivity index (χ3v) is 4.52. The van der Waals surface area contributed by atoms with Gasteiger partial charge in [0.25, 0.3) is 0 Å². The number of carbonyl (C=O) groups is 1. The molecule has 1 amide bonds. The van der Waals surface area contributed by atoms with Gasteiger partial charge in [0.1, 0.15) is 0 Å². The summed E-state index contributed by atoms with van der Waals surface area (Å²) in [5.41, 5.74) is 3.64. The van der Waals surface area contributed by atoms with Crippen molar-refractivity contribution in [1.82, 2.24) is 24.9 Å². The molecule has 0 saturated carbocycles. The lowest BCUT2D eigenvalue weighted by molar-refractivity contribution is -0.132. The molecule has 0 atom stereocenters. The molecule has 0 bridgehead atoms. The molecule has 1 aliphatic heterocycles. The average molecular weight is 433 g/mol. The lowest BCUT2D eigenvalue weighted by atomic mass is 10.1. The Morgan fingerprint density at radius 2 is 1.77 bits per heavy atom. The third kappa shape index (κ3) is 7.58. The van der Waals surface area contributed by atoms with Crippen LogP contribution in [0.25, 0.3) is 0 Å². The van der Waals surface area contributed by atoms with Crippen LogP contribution >= 0.6 is 37.2 Å². The zero-order valence-electron chi connectivity index (χ0n) is 16.0. The molecule has 10 heteroatoms. The first-order valence-electron chi connectivity index (χ1n) is 8.21. The van der Waals surface area contributed by atoms with Crippen LogP contribution in [0.5, 0.6) is 0 Å². The highest BCUT2D eigenvalue weighted by Crippen LogP contribution is 2.16. The van der Waals surface area contributed by atoms with Gasteiger partial charge in [0.2, 0.25) is 5.91 Å². The van der Waals surface area contributed by atoms with E-state index in [4.69, 9.17) is 4.74 Å². The minimum absolute atomic E-state index is 0. The number of ether oxygens (including phenoxy) is 1. The number of methoxy groups -OCH3 is 1. The second-order valence-electron chi connectivity index (χ2n) is 6.10.